The average molecular weight is 1100 g/mol. The molecule has 0 aromatic heterocycles. The van der Waals surface area contributed by atoms with Gasteiger partial charge in [-0.2, -0.15) is 0 Å². The van der Waals surface area contributed by atoms with Gasteiger partial charge in [0.1, 0.15) is 0 Å². The summed E-state index contributed by atoms with van der Waals surface area (Å²) in [5.41, 5.74) is 17.3. The fourth-order valence-corrected chi connectivity index (χ4v) is 8.20. The molecule has 0 aliphatic rings. The largest absolute Gasteiger partial charge is 0.311 e. The van der Waals surface area contributed by atoms with Gasteiger partial charge in [-0.05, 0) is 103 Å². The zero-order valence-electron chi connectivity index (χ0n) is 49.4. The molecule has 1 heteroatoms. The summed E-state index contributed by atoms with van der Waals surface area (Å²) in [6, 6.07) is 89.8. The van der Waals surface area contributed by atoms with Crippen LogP contribution >= 0.6 is 0 Å². The van der Waals surface area contributed by atoms with Crippen LogP contribution in [0.15, 0.2) is 291 Å². The van der Waals surface area contributed by atoms with E-state index in [0.717, 1.165) is 33.8 Å². The first-order chi connectivity index (χ1) is 39.2. The molecule has 83 heavy (non-hydrogen) atoms. The number of hydrogen-bond donors (Lipinski definition) is 0. The van der Waals surface area contributed by atoms with E-state index in [0.29, 0.717) is 0 Å². The Hall–Kier alpha value is -8.78. The molecule has 1 nitrogen and oxygen atoms in total. The Morgan fingerprint density at radius 1 is 0.217 bits per heavy atom. The Kier molecular flexibility index (Phi) is 43.1. The molecule has 0 atom stereocenters. The van der Waals surface area contributed by atoms with Gasteiger partial charge in [0.25, 0.3) is 0 Å². The van der Waals surface area contributed by atoms with Gasteiger partial charge in [-0.15, -0.1) is 0 Å². The highest BCUT2D eigenvalue weighted by Gasteiger charge is 2.13. The van der Waals surface area contributed by atoms with Crippen molar-refractivity contribution in [1.29, 1.82) is 0 Å². The van der Waals surface area contributed by atoms with Crippen molar-refractivity contribution in [2.45, 2.75) is 113 Å². The van der Waals surface area contributed by atoms with Crippen LogP contribution in [0.1, 0.15) is 163 Å². The Balaban J connectivity index is 0. The Bertz CT molecular complexity index is 2650. The van der Waals surface area contributed by atoms with Crippen LogP contribution in [-0.4, -0.2) is 0 Å². The number of anilines is 3. The normalized spacial score (nSPS) is 9.40. The van der Waals surface area contributed by atoms with Crippen molar-refractivity contribution in [3.63, 3.8) is 0 Å². The standard InChI is InChI=1S/C66H51N.6C2H6.4CH4/c1-7-25-55(26-8-1)64(56-27-9-2-10-28-56)37-19-22-52-40-46-61(47-41-52)67(62-48-42-53(43-49-62)23-20-38-65(57-29-11-3-12-30-57)58-31-13-4-14-32-58)63-50-44-54(45-51-63)24-21-39-66(59-33-15-5-16-34-59)60-35-17-6-18-36-60;6*1-2;;;;/h1-51H;6*1-2H3;4*1H4. The second kappa shape index (κ2) is 46.9. The van der Waals surface area contributed by atoms with Crippen molar-refractivity contribution in [3.8, 4) is 0 Å². The molecule has 0 fully saturated rings. The minimum atomic E-state index is 0. The van der Waals surface area contributed by atoms with Crippen LogP contribution in [0.4, 0.5) is 17.1 Å². The molecule has 9 aromatic carbocycles. The maximum Gasteiger partial charge on any atom is 0.0462 e. The maximum absolute atomic E-state index is 2.32. The molecule has 0 saturated heterocycles. The molecule has 0 N–H and O–H groups in total. The van der Waals surface area contributed by atoms with Crippen molar-refractivity contribution >= 4 is 52.0 Å². The summed E-state index contributed by atoms with van der Waals surface area (Å²) < 4.78 is 0. The third-order valence-electron chi connectivity index (χ3n) is 11.6. The highest BCUT2D eigenvalue weighted by atomic mass is 15.1. The van der Waals surface area contributed by atoms with Crippen molar-refractivity contribution in [2.24, 2.45) is 0 Å². The van der Waals surface area contributed by atoms with E-state index in [1.807, 2.05) is 83.1 Å². The van der Waals surface area contributed by atoms with Gasteiger partial charge in [0, 0.05) is 17.1 Å². The number of nitrogens with zero attached hydrogens (tertiary/aromatic N) is 1. The lowest BCUT2D eigenvalue weighted by Gasteiger charge is -2.26. The molecule has 0 aliphatic carbocycles. The predicted molar refractivity (Wildman–Crippen MR) is 383 cm³/mol. The first-order valence-electron chi connectivity index (χ1n) is 28.8. The van der Waals surface area contributed by atoms with Crippen LogP contribution < -0.4 is 4.90 Å². The van der Waals surface area contributed by atoms with E-state index in [9.17, 15) is 0 Å². The molecule has 0 aliphatic heterocycles. The molecule has 436 valence electrons. The smallest absolute Gasteiger partial charge is 0.0462 e. The Morgan fingerprint density at radius 2 is 0.373 bits per heavy atom. The van der Waals surface area contributed by atoms with Gasteiger partial charge in [0.15, 0.2) is 0 Å². The molecular formula is C82H103N. The van der Waals surface area contributed by atoms with Crippen LogP contribution in [0.2, 0.25) is 0 Å². The minimum Gasteiger partial charge on any atom is -0.311 e. The van der Waals surface area contributed by atoms with Crippen molar-refractivity contribution in [1.82, 2.24) is 0 Å². The van der Waals surface area contributed by atoms with Crippen molar-refractivity contribution in [2.75, 3.05) is 4.90 Å². The third-order valence-corrected chi connectivity index (χ3v) is 11.6. The molecule has 0 heterocycles. The summed E-state index contributed by atoms with van der Waals surface area (Å²) in [5.74, 6) is 0. The van der Waals surface area contributed by atoms with Gasteiger partial charge in [-0.1, -0.05) is 386 Å². The highest BCUT2D eigenvalue weighted by Crippen LogP contribution is 2.36. The summed E-state index contributed by atoms with van der Waals surface area (Å²) >= 11 is 0. The second-order valence-corrected chi connectivity index (χ2v) is 16.1. The molecular weight excluding hydrogens is 999 g/mol. The molecule has 9 aromatic rings. The molecule has 0 bridgehead atoms. The number of rotatable bonds is 15. The van der Waals surface area contributed by atoms with E-state index < -0.39 is 0 Å². The monoisotopic (exact) mass is 1100 g/mol. The quantitative estimate of drug-likeness (QED) is 0.0925. The van der Waals surface area contributed by atoms with Gasteiger partial charge < -0.3 is 4.90 Å². The zero-order valence-corrected chi connectivity index (χ0v) is 49.4. The molecule has 9 rings (SSSR count). The van der Waals surface area contributed by atoms with E-state index in [2.05, 4.69) is 314 Å². The molecule has 0 radical (unpaired) electrons. The summed E-state index contributed by atoms with van der Waals surface area (Å²) in [4.78, 5) is 2.32. The van der Waals surface area contributed by atoms with E-state index in [4.69, 9.17) is 0 Å². The van der Waals surface area contributed by atoms with E-state index in [1.54, 1.807) is 0 Å². The van der Waals surface area contributed by atoms with E-state index in [1.165, 1.54) is 50.1 Å². The highest BCUT2D eigenvalue weighted by molar-refractivity contribution is 5.84. The second-order valence-electron chi connectivity index (χ2n) is 16.1. The van der Waals surface area contributed by atoms with Gasteiger partial charge in [0.05, 0.1) is 0 Å². The SMILES string of the molecule is C.C.C.C.C(=Cc1ccc(N(c2ccc(C=CC=C(c3ccccc3)c3ccccc3)cc2)c2ccc(C=CC=C(c3ccccc3)c3ccccc3)cc2)cc1)C=C(c1ccccc1)c1ccccc1.CC.CC.CC.CC.CC.CC. The van der Waals surface area contributed by atoms with Gasteiger partial charge in [-0.25, -0.2) is 0 Å². The van der Waals surface area contributed by atoms with Gasteiger partial charge in [-0.3, -0.25) is 0 Å². The van der Waals surface area contributed by atoms with Crippen LogP contribution in [0.25, 0.3) is 34.9 Å². The minimum absolute atomic E-state index is 0. The molecule has 0 unspecified atom stereocenters. The fraction of sp³-hybridized carbons (Fsp3) is 0.195. The summed E-state index contributed by atoms with van der Waals surface area (Å²) in [6.45, 7) is 24.0. The van der Waals surface area contributed by atoms with Gasteiger partial charge >= 0.3 is 0 Å². The first kappa shape index (κ1) is 76.3. The fourth-order valence-electron chi connectivity index (χ4n) is 8.20. The summed E-state index contributed by atoms with van der Waals surface area (Å²) in [6.07, 6.45) is 19.6. The number of benzene rings is 9. The van der Waals surface area contributed by atoms with Crippen molar-refractivity contribution in [3.05, 3.63) is 341 Å². The lowest BCUT2D eigenvalue weighted by molar-refractivity contribution is 1.28. The zero-order chi connectivity index (χ0) is 57.3. The third kappa shape index (κ3) is 24.5. The lowest BCUT2D eigenvalue weighted by Crippen LogP contribution is -2.09. The summed E-state index contributed by atoms with van der Waals surface area (Å²) in [5, 5.41) is 0. The summed E-state index contributed by atoms with van der Waals surface area (Å²) in [7, 11) is 0. The van der Waals surface area contributed by atoms with Crippen LogP contribution in [0.5, 0.6) is 0 Å². The van der Waals surface area contributed by atoms with Crippen LogP contribution in [0.3, 0.4) is 0 Å². The number of hydrogen-bond acceptors (Lipinski definition) is 1. The van der Waals surface area contributed by atoms with Gasteiger partial charge in [0.2, 0.25) is 0 Å². The molecule has 0 spiro atoms. The van der Waals surface area contributed by atoms with Crippen molar-refractivity contribution < 1.29 is 0 Å². The topological polar surface area (TPSA) is 3.24 Å². The number of allylic oxidation sites excluding steroid dienone is 6. The van der Waals surface area contributed by atoms with E-state index in [-0.39, 0.29) is 29.7 Å². The molecule has 0 saturated carbocycles. The van der Waals surface area contributed by atoms with Crippen LogP contribution in [0, 0.1) is 0 Å². The maximum atomic E-state index is 2.32. The predicted octanol–water partition coefficient (Wildman–Crippen LogP) is 26.3. The Morgan fingerprint density at radius 3 is 0.530 bits per heavy atom. The lowest BCUT2D eigenvalue weighted by atomic mass is 9.97. The van der Waals surface area contributed by atoms with Crippen LogP contribution in [-0.2, 0) is 0 Å². The first-order valence-corrected chi connectivity index (χ1v) is 28.8. The Labute approximate surface area is 508 Å². The van der Waals surface area contributed by atoms with E-state index >= 15 is 0 Å². The molecule has 0 amide bonds. The average Bonchev–Trinajstić information content (AvgIpc) is 3.60.